The number of aromatic nitrogens is 1. The molecule has 1 aromatic heterocycles. The van der Waals surface area contributed by atoms with E-state index in [1.54, 1.807) is 23.2 Å². The molecule has 16 heavy (non-hydrogen) atoms. The Bertz CT molecular complexity index is 391. The summed E-state index contributed by atoms with van der Waals surface area (Å²) in [6.45, 7) is 1.37. The first kappa shape index (κ1) is 10.6. The van der Waals surface area contributed by atoms with E-state index in [1.165, 1.54) is 6.20 Å². The molecule has 0 aromatic carbocycles. The lowest BCUT2D eigenvalue weighted by Gasteiger charge is -2.18. The average molecular weight is 219 g/mol. The van der Waals surface area contributed by atoms with Gasteiger partial charge in [-0.25, -0.2) is 0 Å². The van der Waals surface area contributed by atoms with Crippen molar-refractivity contribution in [2.75, 3.05) is 19.6 Å². The van der Waals surface area contributed by atoms with E-state index >= 15 is 0 Å². The molecule has 2 rings (SSSR count). The summed E-state index contributed by atoms with van der Waals surface area (Å²) < 4.78 is 0. The third-order valence-corrected chi connectivity index (χ3v) is 2.46. The summed E-state index contributed by atoms with van der Waals surface area (Å²) in [4.78, 5) is 28.8. The highest BCUT2D eigenvalue weighted by molar-refractivity contribution is 5.96. The van der Waals surface area contributed by atoms with Crippen LogP contribution in [0.3, 0.4) is 0 Å². The molecule has 2 heterocycles. The lowest BCUT2D eigenvalue weighted by atomic mass is 10.2. The standard InChI is InChI=1S/C11H13N3O2/c15-10-8-14(6-2-5-13-10)11(16)9-3-1-4-12-7-9/h1,3-4,7H,2,5-6,8H2,(H,13,15). The summed E-state index contributed by atoms with van der Waals surface area (Å²) in [6.07, 6.45) is 3.93. The highest BCUT2D eigenvalue weighted by atomic mass is 16.2. The Balaban J connectivity index is 2.12. The van der Waals surface area contributed by atoms with Crippen LogP contribution < -0.4 is 5.32 Å². The summed E-state index contributed by atoms with van der Waals surface area (Å²) in [6, 6.07) is 3.42. The van der Waals surface area contributed by atoms with Crippen molar-refractivity contribution < 1.29 is 9.59 Å². The van der Waals surface area contributed by atoms with Crippen molar-refractivity contribution in [2.45, 2.75) is 6.42 Å². The van der Waals surface area contributed by atoms with Crippen molar-refractivity contribution >= 4 is 11.8 Å². The van der Waals surface area contributed by atoms with Crippen LogP contribution in [0.5, 0.6) is 0 Å². The number of nitrogens with zero attached hydrogens (tertiary/aromatic N) is 2. The Morgan fingerprint density at radius 1 is 1.50 bits per heavy atom. The first-order valence-electron chi connectivity index (χ1n) is 5.23. The molecule has 0 aliphatic carbocycles. The van der Waals surface area contributed by atoms with Crippen LogP contribution in [-0.4, -0.2) is 41.3 Å². The van der Waals surface area contributed by atoms with Crippen molar-refractivity contribution in [1.29, 1.82) is 0 Å². The van der Waals surface area contributed by atoms with Gasteiger partial charge >= 0.3 is 0 Å². The number of hydrogen-bond donors (Lipinski definition) is 1. The highest BCUT2D eigenvalue weighted by Gasteiger charge is 2.20. The second-order valence-corrected chi connectivity index (χ2v) is 3.67. The number of pyridine rings is 1. The lowest BCUT2D eigenvalue weighted by molar-refractivity contribution is -0.121. The summed E-state index contributed by atoms with van der Waals surface area (Å²) >= 11 is 0. The molecule has 84 valence electrons. The number of carbonyl (C=O) groups is 2. The van der Waals surface area contributed by atoms with Gasteiger partial charge in [-0.3, -0.25) is 14.6 Å². The largest absolute Gasteiger partial charge is 0.354 e. The predicted molar refractivity (Wildman–Crippen MR) is 57.8 cm³/mol. The highest BCUT2D eigenvalue weighted by Crippen LogP contribution is 2.05. The van der Waals surface area contributed by atoms with E-state index in [9.17, 15) is 9.59 Å². The Morgan fingerprint density at radius 3 is 3.12 bits per heavy atom. The third kappa shape index (κ3) is 2.36. The first-order chi connectivity index (χ1) is 7.77. The molecule has 0 bridgehead atoms. The van der Waals surface area contributed by atoms with Gasteiger partial charge in [0.25, 0.3) is 5.91 Å². The van der Waals surface area contributed by atoms with E-state index in [0.29, 0.717) is 18.7 Å². The summed E-state index contributed by atoms with van der Waals surface area (Å²) in [5.41, 5.74) is 0.525. The molecule has 1 aliphatic rings. The zero-order valence-corrected chi connectivity index (χ0v) is 8.85. The van der Waals surface area contributed by atoms with Crippen molar-refractivity contribution in [3.63, 3.8) is 0 Å². The van der Waals surface area contributed by atoms with Crippen molar-refractivity contribution in [2.24, 2.45) is 0 Å². The summed E-state index contributed by atoms with van der Waals surface area (Å²) in [5, 5.41) is 2.73. The lowest BCUT2D eigenvalue weighted by Crippen LogP contribution is -2.37. The van der Waals surface area contributed by atoms with E-state index in [1.807, 2.05) is 0 Å². The first-order valence-corrected chi connectivity index (χ1v) is 5.23. The van der Waals surface area contributed by atoms with Crippen LogP contribution in [0, 0.1) is 0 Å². The minimum absolute atomic E-state index is 0.102. The van der Waals surface area contributed by atoms with Gasteiger partial charge in [0.05, 0.1) is 12.1 Å². The maximum absolute atomic E-state index is 12.0. The Labute approximate surface area is 93.5 Å². The molecule has 5 nitrogen and oxygen atoms in total. The van der Waals surface area contributed by atoms with E-state index in [4.69, 9.17) is 0 Å². The Hall–Kier alpha value is -1.91. The summed E-state index contributed by atoms with van der Waals surface area (Å²) in [7, 11) is 0. The van der Waals surface area contributed by atoms with Gasteiger partial charge in [0, 0.05) is 25.5 Å². The molecule has 0 unspecified atom stereocenters. The van der Waals surface area contributed by atoms with Gasteiger partial charge < -0.3 is 10.2 Å². The molecule has 5 heteroatoms. The molecule has 0 spiro atoms. The van der Waals surface area contributed by atoms with Crippen LogP contribution >= 0.6 is 0 Å². The van der Waals surface area contributed by atoms with Crippen molar-refractivity contribution in [3.05, 3.63) is 30.1 Å². The fourth-order valence-corrected chi connectivity index (χ4v) is 1.65. The molecule has 2 amide bonds. The minimum Gasteiger partial charge on any atom is -0.354 e. The quantitative estimate of drug-likeness (QED) is 0.725. The minimum atomic E-state index is -0.134. The fraction of sp³-hybridized carbons (Fsp3) is 0.364. The maximum atomic E-state index is 12.0. The van der Waals surface area contributed by atoms with Crippen LogP contribution in [-0.2, 0) is 4.79 Å². The molecule has 1 N–H and O–H groups in total. The number of amides is 2. The third-order valence-electron chi connectivity index (χ3n) is 2.46. The van der Waals surface area contributed by atoms with Crippen LogP contribution in [0.15, 0.2) is 24.5 Å². The van der Waals surface area contributed by atoms with Gasteiger partial charge in [-0.15, -0.1) is 0 Å². The molecular formula is C11H13N3O2. The Morgan fingerprint density at radius 2 is 2.38 bits per heavy atom. The SMILES string of the molecule is O=C1CN(C(=O)c2cccnc2)CCCN1. The second-order valence-electron chi connectivity index (χ2n) is 3.67. The van der Waals surface area contributed by atoms with E-state index in [-0.39, 0.29) is 18.4 Å². The van der Waals surface area contributed by atoms with Crippen LogP contribution in [0.4, 0.5) is 0 Å². The Kier molecular flexibility index (Phi) is 3.14. The van der Waals surface area contributed by atoms with Crippen LogP contribution in [0.1, 0.15) is 16.8 Å². The number of nitrogens with one attached hydrogen (secondary N) is 1. The topological polar surface area (TPSA) is 62.3 Å². The van der Waals surface area contributed by atoms with E-state index < -0.39 is 0 Å². The smallest absolute Gasteiger partial charge is 0.255 e. The fourth-order valence-electron chi connectivity index (χ4n) is 1.65. The predicted octanol–water partition coefficient (Wildman–Crippen LogP) is 0.0437. The molecular weight excluding hydrogens is 206 g/mol. The summed E-state index contributed by atoms with van der Waals surface area (Å²) in [5.74, 6) is -0.236. The van der Waals surface area contributed by atoms with Gasteiger partial charge in [-0.05, 0) is 18.6 Å². The van der Waals surface area contributed by atoms with Crippen LogP contribution in [0.25, 0.3) is 0 Å². The zero-order chi connectivity index (χ0) is 11.4. The molecule has 0 saturated carbocycles. The molecule has 1 aliphatic heterocycles. The van der Waals surface area contributed by atoms with Gasteiger partial charge in [0.1, 0.15) is 0 Å². The number of hydrogen-bond acceptors (Lipinski definition) is 3. The monoisotopic (exact) mass is 219 g/mol. The molecule has 1 saturated heterocycles. The molecule has 1 fully saturated rings. The van der Waals surface area contributed by atoms with Crippen molar-refractivity contribution in [3.8, 4) is 0 Å². The maximum Gasteiger partial charge on any atom is 0.255 e. The molecule has 1 aromatic rings. The van der Waals surface area contributed by atoms with Gasteiger partial charge in [-0.1, -0.05) is 0 Å². The van der Waals surface area contributed by atoms with Gasteiger partial charge in [0.2, 0.25) is 5.91 Å². The van der Waals surface area contributed by atoms with Gasteiger partial charge in [-0.2, -0.15) is 0 Å². The average Bonchev–Trinajstić information content (AvgIpc) is 2.54. The van der Waals surface area contributed by atoms with Crippen LogP contribution in [0.2, 0.25) is 0 Å². The van der Waals surface area contributed by atoms with Crippen molar-refractivity contribution in [1.82, 2.24) is 15.2 Å². The molecule has 0 radical (unpaired) electrons. The normalized spacial score (nSPS) is 16.5. The second kappa shape index (κ2) is 4.74. The zero-order valence-electron chi connectivity index (χ0n) is 8.85. The molecule has 0 atom stereocenters. The number of rotatable bonds is 1. The van der Waals surface area contributed by atoms with E-state index in [2.05, 4.69) is 10.3 Å². The number of carbonyl (C=O) groups excluding carboxylic acids is 2. The van der Waals surface area contributed by atoms with Gasteiger partial charge in [0.15, 0.2) is 0 Å². The van der Waals surface area contributed by atoms with E-state index in [0.717, 1.165) is 6.42 Å².